The number of rotatable bonds is 5. The summed E-state index contributed by atoms with van der Waals surface area (Å²) in [6.45, 7) is 8.22. The summed E-state index contributed by atoms with van der Waals surface area (Å²) in [4.78, 5) is 33.2. The van der Waals surface area contributed by atoms with Gasteiger partial charge < -0.3 is 14.6 Å². The van der Waals surface area contributed by atoms with E-state index >= 15 is 0 Å². The van der Waals surface area contributed by atoms with Crippen LogP contribution >= 0.6 is 11.3 Å². The summed E-state index contributed by atoms with van der Waals surface area (Å²) in [5.74, 6) is -0.412. The Hall–Kier alpha value is -4.17. The van der Waals surface area contributed by atoms with E-state index in [2.05, 4.69) is 25.8 Å². The number of aliphatic hydroxyl groups excluding tert-OH is 1. The minimum atomic E-state index is -0.858. The Kier molecular flexibility index (Phi) is 6.68. The lowest BCUT2D eigenvalue weighted by Crippen LogP contribution is -2.29. The fourth-order valence-corrected chi connectivity index (χ4v) is 5.84. The lowest BCUT2D eigenvalue weighted by Gasteiger charge is -2.24. The zero-order valence-corrected chi connectivity index (χ0v) is 23.6. The molecule has 200 valence electrons. The summed E-state index contributed by atoms with van der Waals surface area (Å²) in [6.07, 6.45) is 0. The maximum Gasteiger partial charge on any atom is 0.301 e. The summed E-state index contributed by atoms with van der Waals surface area (Å²) in [5, 5.41) is 11.9. The van der Waals surface area contributed by atoms with Crippen molar-refractivity contribution in [3.8, 4) is 11.5 Å². The highest BCUT2D eigenvalue weighted by Crippen LogP contribution is 2.45. The first-order chi connectivity index (χ1) is 18.5. The first-order valence-electron chi connectivity index (χ1n) is 12.5. The smallest absolute Gasteiger partial charge is 0.301 e. The van der Waals surface area contributed by atoms with Gasteiger partial charge in [-0.3, -0.25) is 14.5 Å². The molecule has 1 aromatic heterocycles. The number of aryl methyl sites for hydroxylation is 1. The van der Waals surface area contributed by atoms with Gasteiger partial charge in [-0.15, -0.1) is 0 Å². The molecule has 0 spiro atoms. The number of carbonyl (C=O) groups is 2. The maximum atomic E-state index is 13.6. The Labute approximate surface area is 231 Å². The Balaban J connectivity index is 1.71. The van der Waals surface area contributed by atoms with Crippen molar-refractivity contribution in [2.24, 2.45) is 0 Å². The van der Waals surface area contributed by atoms with Gasteiger partial charge in [0.25, 0.3) is 5.78 Å². The molecule has 39 heavy (non-hydrogen) atoms. The first kappa shape index (κ1) is 26.4. The first-order valence-corrected chi connectivity index (χ1v) is 13.4. The predicted molar refractivity (Wildman–Crippen MR) is 154 cm³/mol. The van der Waals surface area contributed by atoms with Crippen LogP contribution in [0.4, 0.5) is 5.13 Å². The topological polar surface area (TPSA) is 89.0 Å². The summed E-state index contributed by atoms with van der Waals surface area (Å²) >= 11 is 1.29. The minimum Gasteiger partial charge on any atom is -0.507 e. The third kappa shape index (κ3) is 4.65. The van der Waals surface area contributed by atoms with Gasteiger partial charge in [0.2, 0.25) is 0 Å². The highest BCUT2D eigenvalue weighted by atomic mass is 32.1. The van der Waals surface area contributed by atoms with E-state index in [1.54, 1.807) is 38.5 Å². The van der Waals surface area contributed by atoms with Crippen molar-refractivity contribution in [2.45, 2.75) is 39.2 Å². The fourth-order valence-electron chi connectivity index (χ4n) is 4.81. The number of hydrogen-bond acceptors (Lipinski definition) is 7. The van der Waals surface area contributed by atoms with E-state index in [1.165, 1.54) is 16.2 Å². The fraction of sp³-hybridized carbons (Fsp3) is 0.258. The van der Waals surface area contributed by atoms with Crippen molar-refractivity contribution < 1.29 is 24.2 Å². The second kappa shape index (κ2) is 9.85. The van der Waals surface area contributed by atoms with Crippen LogP contribution in [0.2, 0.25) is 0 Å². The van der Waals surface area contributed by atoms with Crippen molar-refractivity contribution in [1.82, 2.24) is 4.98 Å². The number of benzene rings is 3. The molecule has 0 radical (unpaired) electrons. The molecule has 8 heteroatoms. The third-order valence-corrected chi connectivity index (χ3v) is 8.01. The number of aliphatic hydroxyl groups is 1. The van der Waals surface area contributed by atoms with Gasteiger partial charge in [-0.25, -0.2) is 4.98 Å². The molecule has 2 heterocycles. The number of hydrogen-bond donors (Lipinski definition) is 1. The number of ketones is 1. The number of aromatic nitrogens is 1. The second-order valence-electron chi connectivity index (χ2n) is 10.6. The Morgan fingerprint density at radius 1 is 0.974 bits per heavy atom. The standard InChI is InChI=1S/C31H30N2O5S/c1-17-15-19(9-14-23(17)38-6)27(34)25-26(18-7-10-20(11-8-18)31(2,3)4)33(29(36)28(25)35)30-32-22-13-12-21(37-5)16-24(22)39-30/h7-16,26,34H,1-6H3. The Bertz CT molecular complexity index is 1630. The number of thiazole rings is 1. The second-order valence-corrected chi connectivity index (χ2v) is 11.6. The van der Waals surface area contributed by atoms with E-state index in [1.807, 2.05) is 43.3 Å². The van der Waals surface area contributed by atoms with Crippen LogP contribution in [-0.4, -0.2) is 36.0 Å². The molecule has 1 aliphatic heterocycles. The van der Waals surface area contributed by atoms with Gasteiger partial charge in [0.1, 0.15) is 17.3 Å². The van der Waals surface area contributed by atoms with Crippen molar-refractivity contribution >= 4 is 44.1 Å². The molecule has 5 rings (SSSR count). The van der Waals surface area contributed by atoms with Crippen LogP contribution in [0, 0.1) is 6.92 Å². The van der Waals surface area contributed by atoms with Gasteiger partial charge in [-0.05, 0) is 65.4 Å². The molecule has 1 atom stereocenters. The van der Waals surface area contributed by atoms with Crippen LogP contribution in [-0.2, 0) is 15.0 Å². The third-order valence-electron chi connectivity index (χ3n) is 7.00. The van der Waals surface area contributed by atoms with Crippen molar-refractivity contribution in [3.63, 3.8) is 0 Å². The van der Waals surface area contributed by atoms with E-state index in [4.69, 9.17) is 9.47 Å². The van der Waals surface area contributed by atoms with E-state index in [-0.39, 0.29) is 16.7 Å². The SMILES string of the molecule is COc1ccc2nc(N3C(=O)C(=O)C(=C(O)c4ccc(OC)c(C)c4)C3c3ccc(C(C)(C)C)cc3)sc2c1. The Morgan fingerprint density at radius 3 is 2.31 bits per heavy atom. The quantitative estimate of drug-likeness (QED) is 0.175. The predicted octanol–water partition coefficient (Wildman–Crippen LogP) is 6.55. The number of ether oxygens (including phenoxy) is 2. The molecule has 1 aliphatic rings. The molecule has 0 saturated carbocycles. The maximum absolute atomic E-state index is 13.6. The van der Waals surface area contributed by atoms with E-state index in [0.29, 0.717) is 33.3 Å². The van der Waals surface area contributed by atoms with Gasteiger partial charge >= 0.3 is 5.91 Å². The summed E-state index contributed by atoms with van der Waals surface area (Å²) in [6, 6.07) is 17.6. The highest BCUT2D eigenvalue weighted by molar-refractivity contribution is 7.22. The molecular formula is C31H30N2O5S. The van der Waals surface area contributed by atoms with Crippen molar-refractivity contribution in [1.29, 1.82) is 0 Å². The molecule has 0 bridgehead atoms. The van der Waals surface area contributed by atoms with Gasteiger partial charge in [0, 0.05) is 5.56 Å². The zero-order chi connectivity index (χ0) is 28.1. The summed E-state index contributed by atoms with van der Waals surface area (Å²) < 4.78 is 11.5. The highest BCUT2D eigenvalue weighted by Gasteiger charge is 2.48. The van der Waals surface area contributed by atoms with Crippen LogP contribution in [0.5, 0.6) is 11.5 Å². The van der Waals surface area contributed by atoms with E-state index < -0.39 is 17.7 Å². The van der Waals surface area contributed by atoms with E-state index in [0.717, 1.165) is 15.8 Å². The normalized spacial score (nSPS) is 17.2. The molecule has 1 fully saturated rings. The average Bonchev–Trinajstić information content (AvgIpc) is 3.45. The number of amides is 1. The lowest BCUT2D eigenvalue weighted by molar-refractivity contribution is -0.132. The van der Waals surface area contributed by atoms with Crippen LogP contribution < -0.4 is 14.4 Å². The number of carbonyl (C=O) groups excluding carboxylic acids is 2. The van der Waals surface area contributed by atoms with E-state index in [9.17, 15) is 14.7 Å². The Morgan fingerprint density at radius 2 is 1.69 bits per heavy atom. The van der Waals surface area contributed by atoms with Crippen molar-refractivity contribution in [3.05, 3.63) is 88.5 Å². The number of anilines is 1. The number of methoxy groups -OCH3 is 2. The van der Waals surface area contributed by atoms with Crippen molar-refractivity contribution in [2.75, 3.05) is 19.1 Å². The molecule has 3 aromatic carbocycles. The summed E-state index contributed by atoms with van der Waals surface area (Å²) in [7, 11) is 3.16. The number of fused-ring (bicyclic) bond motifs is 1. The molecule has 1 saturated heterocycles. The monoisotopic (exact) mass is 542 g/mol. The zero-order valence-electron chi connectivity index (χ0n) is 22.7. The molecule has 1 N–H and O–H groups in total. The molecule has 7 nitrogen and oxygen atoms in total. The molecule has 1 unspecified atom stereocenters. The van der Waals surface area contributed by atoms with Crippen LogP contribution in [0.3, 0.4) is 0 Å². The summed E-state index contributed by atoms with van der Waals surface area (Å²) in [5.41, 5.74) is 3.66. The number of nitrogens with zero attached hydrogens (tertiary/aromatic N) is 2. The van der Waals surface area contributed by atoms with Crippen LogP contribution in [0.1, 0.15) is 49.1 Å². The van der Waals surface area contributed by atoms with Crippen LogP contribution in [0.25, 0.3) is 16.0 Å². The van der Waals surface area contributed by atoms with Gasteiger partial charge in [0.05, 0.1) is 36.1 Å². The minimum absolute atomic E-state index is 0.0184. The lowest BCUT2D eigenvalue weighted by atomic mass is 9.85. The molecular weight excluding hydrogens is 512 g/mol. The molecule has 1 amide bonds. The molecule has 4 aromatic rings. The molecule has 0 aliphatic carbocycles. The largest absolute Gasteiger partial charge is 0.507 e. The van der Waals surface area contributed by atoms with Crippen LogP contribution in [0.15, 0.2) is 66.2 Å². The average molecular weight is 543 g/mol. The van der Waals surface area contributed by atoms with Gasteiger partial charge in [-0.1, -0.05) is 56.4 Å². The number of Topliss-reactive ketones (excluding diaryl/α,β-unsaturated/α-hetero) is 1. The van der Waals surface area contributed by atoms with Gasteiger partial charge in [0.15, 0.2) is 5.13 Å². The van der Waals surface area contributed by atoms with Gasteiger partial charge in [-0.2, -0.15) is 0 Å².